The zero-order valence-corrected chi connectivity index (χ0v) is 20.1. The average molecular weight is 485 g/mol. The molecule has 0 unspecified atom stereocenters. The first-order valence-electron chi connectivity index (χ1n) is 11.8. The number of amides is 1. The molecule has 1 aliphatic heterocycles. The van der Waals surface area contributed by atoms with Crippen LogP contribution >= 0.6 is 11.3 Å². The lowest BCUT2D eigenvalue weighted by Crippen LogP contribution is -2.41. The molecule has 1 amide bonds. The number of fused-ring (bicyclic) bond motifs is 2. The molecule has 1 fully saturated rings. The molecule has 10 heteroatoms. The van der Waals surface area contributed by atoms with Crippen molar-refractivity contribution in [2.45, 2.75) is 26.2 Å². The van der Waals surface area contributed by atoms with Gasteiger partial charge in [-0.2, -0.15) is 0 Å². The first kappa shape index (κ1) is 21.6. The molecule has 5 aromatic rings. The molecule has 0 bridgehead atoms. The number of carbonyl (C=O) groups excluding carboxylic acids is 1. The lowest BCUT2D eigenvalue weighted by molar-refractivity contribution is -0.122. The maximum atomic E-state index is 13.9. The van der Waals surface area contributed by atoms with Crippen LogP contribution in [0.4, 0.5) is 16.6 Å². The van der Waals surface area contributed by atoms with E-state index in [1.807, 2.05) is 53.4 Å². The van der Waals surface area contributed by atoms with E-state index in [2.05, 4.69) is 44.6 Å². The summed E-state index contributed by atoms with van der Waals surface area (Å²) in [6.07, 6.45) is 2.43. The van der Waals surface area contributed by atoms with E-state index >= 15 is 0 Å². The lowest BCUT2D eigenvalue weighted by Gasteiger charge is -2.34. The standard InChI is InChI=1S/C25H24N8OS/c1-2-17-7-9-19(10-8-17)32(25-26-20-5-3-4-6-21(20)35-25)24(34)18-13-15-31(16-14-18)23-12-11-22-27-29-30-33(22)28-23/h3-12,18H,2,13-16H2,1H3. The SMILES string of the molecule is CCc1ccc(N(C(=O)C2CCN(c3ccc4nnnn4n3)CC2)c2nc3ccccc3s2)cc1. The van der Waals surface area contributed by atoms with Crippen molar-refractivity contribution in [2.24, 2.45) is 5.92 Å². The van der Waals surface area contributed by atoms with Gasteiger partial charge >= 0.3 is 0 Å². The fraction of sp³-hybridized carbons (Fsp3) is 0.280. The molecule has 6 rings (SSSR count). The van der Waals surface area contributed by atoms with Gasteiger partial charge in [-0.15, -0.1) is 14.8 Å². The Morgan fingerprint density at radius 1 is 1.06 bits per heavy atom. The van der Waals surface area contributed by atoms with Crippen molar-refractivity contribution in [1.29, 1.82) is 0 Å². The molecule has 1 saturated heterocycles. The first-order valence-corrected chi connectivity index (χ1v) is 12.6. The number of tetrazole rings is 1. The average Bonchev–Trinajstić information content (AvgIpc) is 3.55. The minimum Gasteiger partial charge on any atom is -0.355 e. The number of aryl methyl sites for hydroxylation is 1. The van der Waals surface area contributed by atoms with Crippen LogP contribution in [-0.2, 0) is 11.2 Å². The van der Waals surface area contributed by atoms with Crippen molar-refractivity contribution in [3.05, 3.63) is 66.2 Å². The van der Waals surface area contributed by atoms with Crippen LogP contribution in [0.15, 0.2) is 60.7 Å². The number of thiazole rings is 1. The molecule has 0 saturated carbocycles. The summed E-state index contributed by atoms with van der Waals surface area (Å²) < 4.78 is 2.51. The highest BCUT2D eigenvalue weighted by molar-refractivity contribution is 7.22. The summed E-state index contributed by atoms with van der Waals surface area (Å²) in [6, 6.07) is 20.0. The van der Waals surface area contributed by atoms with Crippen LogP contribution in [0.3, 0.4) is 0 Å². The van der Waals surface area contributed by atoms with Gasteiger partial charge < -0.3 is 4.90 Å². The number of anilines is 3. The highest BCUT2D eigenvalue weighted by atomic mass is 32.1. The predicted molar refractivity (Wildman–Crippen MR) is 136 cm³/mol. The first-order chi connectivity index (χ1) is 17.2. The smallest absolute Gasteiger partial charge is 0.236 e. The van der Waals surface area contributed by atoms with Crippen LogP contribution in [0.1, 0.15) is 25.3 Å². The predicted octanol–water partition coefficient (Wildman–Crippen LogP) is 4.27. The maximum absolute atomic E-state index is 13.9. The van der Waals surface area contributed by atoms with E-state index in [9.17, 15) is 4.79 Å². The molecule has 0 aliphatic carbocycles. The van der Waals surface area contributed by atoms with Crippen molar-refractivity contribution < 1.29 is 4.79 Å². The monoisotopic (exact) mass is 484 g/mol. The third-order valence-electron chi connectivity index (χ3n) is 6.52. The van der Waals surface area contributed by atoms with Crippen LogP contribution in [0.2, 0.25) is 0 Å². The van der Waals surface area contributed by atoms with Gasteiger partial charge in [-0.1, -0.05) is 42.5 Å². The Morgan fingerprint density at radius 3 is 2.63 bits per heavy atom. The summed E-state index contributed by atoms with van der Waals surface area (Å²) in [5.41, 5.74) is 3.62. The highest BCUT2D eigenvalue weighted by Gasteiger charge is 2.32. The molecule has 35 heavy (non-hydrogen) atoms. The molecule has 0 atom stereocenters. The topological polar surface area (TPSA) is 92.4 Å². The molecule has 4 heterocycles. The molecule has 0 spiro atoms. The number of hydrogen-bond acceptors (Lipinski definition) is 8. The normalized spacial score (nSPS) is 14.6. The van der Waals surface area contributed by atoms with Gasteiger partial charge in [0.2, 0.25) is 5.91 Å². The molecule has 1 aliphatic rings. The van der Waals surface area contributed by atoms with Crippen LogP contribution in [0.25, 0.3) is 15.9 Å². The van der Waals surface area contributed by atoms with Crippen molar-refractivity contribution in [2.75, 3.05) is 22.9 Å². The molecule has 0 radical (unpaired) electrons. The Balaban J connectivity index is 1.26. The minimum atomic E-state index is -0.0964. The molecular weight excluding hydrogens is 460 g/mol. The molecule has 176 valence electrons. The number of rotatable bonds is 5. The van der Waals surface area contributed by atoms with Crippen molar-refractivity contribution in [3.63, 3.8) is 0 Å². The minimum absolute atomic E-state index is 0.0943. The quantitative estimate of drug-likeness (QED) is 0.368. The summed E-state index contributed by atoms with van der Waals surface area (Å²) in [5.74, 6) is 0.812. The van der Waals surface area contributed by atoms with Gasteiger partial charge in [0.15, 0.2) is 16.6 Å². The fourth-order valence-corrected chi connectivity index (χ4v) is 5.51. The number of hydrogen-bond donors (Lipinski definition) is 0. The lowest BCUT2D eigenvalue weighted by atomic mass is 9.95. The Kier molecular flexibility index (Phi) is 5.57. The second kappa shape index (κ2) is 9.03. The third kappa shape index (κ3) is 4.10. The molecule has 9 nitrogen and oxygen atoms in total. The summed E-state index contributed by atoms with van der Waals surface area (Å²) in [5, 5.41) is 16.7. The molecule has 0 N–H and O–H groups in total. The Labute approximate surface area is 206 Å². The van der Waals surface area contributed by atoms with E-state index < -0.39 is 0 Å². The van der Waals surface area contributed by atoms with Crippen molar-refractivity contribution in [3.8, 4) is 0 Å². The van der Waals surface area contributed by atoms with Crippen molar-refractivity contribution in [1.82, 2.24) is 30.2 Å². The van der Waals surface area contributed by atoms with Crippen LogP contribution in [0, 0.1) is 5.92 Å². The zero-order valence-electron chi connectivity index (χ0n) is 19.3. The Hall–Kier alpha value is -3.92. The van der Waals surface area contributed by atoms with Gasteiger partial charge in [0.05, 0.1) is 15.9 Å². The van der Waals surface area contributed by atoms with Crippen LogP contribution < -0.4 is 9.80 Å². The maximum Gasteiger partial charge on any atom is 0.236 e. The van der Waals surface area contributed by atoms with Gasteiger partial charge in [-0.05, 0) is 71.7 Å². The van der Waals surface area contributed by atoms with E-state index in [1.54, 1.807) is 11.3 Å². The van der Waals surface area contributed by atoms with E-state index in [1.165, 1.54) is 10.2 Å². The van der Waals surface area contributed by atoms with Gasteiger partial charge in [0.25, 0.3) is 0 Å². The number of piperidine rings is 1. The molecule has 3 aromatic heterocycles. The third-order valence-corrected chi connectivity index (χ3v) is 7.54. The largest absolute Gasteiger partial charge is 0.355 e. The second-order valence-electron chi connectivity index (χ2n) is 8.64. The summed E-state index contributed by atoms with van der Waals surface area (Å²) in [6.45, 7) is 3.60. The van der Waals surface area contributed by atoms with Crippen LogP contribution in [-0.4, -0.2) is 49.2 Å². The molecule has 2 aromatic carbocycles. The number of carbonyl (C=O) groups is 1. The second-order valence-corrected chi connectivity index (χ2v) is 9.65. The summed E-state index contributed by atoms with van der Waals surface area (Å²) in [4.78, 5) is 22.8. The summed E-state index contributed by atoms with van der Waals surface area (Å²) >= 11 is 1.55. The van der Waals surface area contributed by atoms with Gasteiger partial charge in [-0.25, -0.2) is 4.98 Å². The van der Waals surface area contributed by atoms with E-state index in [4.69, 9.17) is 4.98 Å². The van der Waals surface area contributed by atoms with Crippen LogP contribution in [0.5, 0.6) is 0 Å². The highest BCUT2D eigenvalue weighted by Crippen LogP contribution is 2.36. The number of aromatic nitrogens is 6. The molecular formula is C25H24N8OS. The summed E-state index contributed by atoms with van der Waals surface area (Å²) in [7, 11) is 0. The van der Waals surface area contributed by atoms with Gasteiger partial charge in [0, 0.05) is 19.0 Å². The Morgan fingerprint density at radius 2 is 1.86 bits per heavy atom. The Bertz CT molecular complexity index is 1450. The van der Waals surface area contributed by atoms with Gasteiger partial charge in [-0.3, -0.25) is 9.69 Å². The number of para-hydroxylation sites is 1. The van der Waals surface area contributed by atoms with Crippen molar-refractivity contribution >= 4 is 49.7 Å². The zero-order chi connectivity index (χ0) is 23.8. The fourth-order valence-electron chi connectivity index (χ4n) is 4.52. The number of benzene rings is 2. The van der Waals surface area contributed by atoms with E-state index in [0.717, 1.165) is 54.1 Å². The number of nitrogens with zero attached hydrogens (tertiary/aromatic N) is 8. The van der Waals surface area contributed by atoms with E-state index in [-0.39, 0.29) is 11.8 Å². The van der Waals surface area contributed by atoms with Gasteiger partial charge in [0.1, 0.15) is 0 Å². The van der Waals surface area contributed by atoms with E-state index in [0.29, 0.717) is 10.8 Å².